The molecule has 2 aromatic heterocycles. The third kappa shape index (κ3) is 8.44. The summed E-state index contributed by atoms with van der Waals surface area (Å²) in [7, 11) is -3.92. The predicted octanol–water partition coefficient (Wildman–Crippen LogP) is 2.85. The lowest BCUT2D eigenvalue weighted by Crippen LogP contribution is -2.55. The van der Waals surface area contributed by atoms with E-state index >= 15 is 0 Å². The number of ketones is 1. The standard InChI is InChI=1S/C32H37N7O5S2/c1-21(33)39-14-11-23(12-15-39)29(38-46(43,44)20-22-7-3-2-4-8-22)31(42)36-19-28(40)37-27(30(41)32-34-13-16-45-32)17-24-18-35-26-10-6-5-9-25(24)26/h2-10,13,16,18,23,27,29,33,35,38H,11-12,14-15,17,19-20H2,1H3,(H,36,42)(H,37,40). The molecule has 1 fully saturated rings. The first-order valence-electron chi connectivity index (χ1n) is 15.0. The van der Waals surface area contributed by atoms with Crippen molar-refractivity contribution < 1.29 is 22.8 Å². The van der Waals surface area contributed by atoms with Gasteiger partial charge in [-0.2, -0.15) is 0 Å². The molecule has 3 heterocycles. The van der Waals surface area contributed by atoms with Crippen LogP contribution < -0.4 is 15.4 Å². The molecule has 2 amide bonds. The quantitative estimate of drug-likeness (QED) is 0.0830. The fourth-order valence-corrected chi connectivity index (χ4v) is 7.74. The van der Waals surface area contributed by atoms with Crippen LogP contribution in [0.25, 0.3) is 10.9 Å². The molecule has 0 bridgehead atoms. The minimum Gasteiger partial charge on any atom is -0.361 e. The van der Waals surface area contributed by atoms with Crippen LogP contribution >= 0.6 is 11.3 Å². The van der Waals surface area contributed by atoms with Crippen LogP contribution in [0.2, 0.25) is 0 Å². The number of sulfonamides is 1. The summed E-state index contributed by atoms with van der Waals surface area (Å²) in [6, 6.07) is 14.3. The van der Waals surface area contributed by atoms with Gasteiger partial charge in [0.2, 0.25) is 27.6 Å². The van der Waals surface area contributed by atoms with Crippen LogP contribution in [0.5, 0.6) is 0 Å². The van der Waals surface area contributed by atoms with Crippen molar-refractivity contribution in [3.8, 4) is 0 Å². The van der Waals surface area contributed by atoms with Gasteiger partial charge in [-0.25, -0.2) is 18.1 Å². The highest BCUT2D eigenvalue weighted by Crippen LogP contribution is 2.23. The maximum atomic E-state index is 13.5. The Morgan fingerprint density at radius 2 is 1.80 bits per heavy atom. The minimum absolute atomic E-state index is 0.203. The second-order valence-corrected chi connectivity index (χ2v) is 14.0. The van der Waals surface area contributed by atoms with E-state index in [1.54, 1.807) is 48.8 Å². The van der Waals surface area contributed by atoms with Crippen LogP contribution in [-0.4, -0.2) is 78.4 Å². The second kappa shape index (κ2) is 14.8. The molecule has 5 rings (SSSR count). The predicted molar refractivity (Wildman–Crippen MR) is 177 cm³/mol. The van der Waals surface area contributed by atoms with Gasteiger partial charge in [0.15, 0.2) is 5.01 Å². The van der Waals surface area contributed by atoms with Crippen molar-refractivity contribution in [1.82, 2.24) is 30.2 Å². The molecule has 1 saturated heterocycles. The Labute approximate surface area is 271 Å². The first-order valence-corrected chi connectivity index (χ1v) is 17.5. The first kappa shape index (κ1) is 33.0. The summed E-state index contributed by atoms with van der Waals surface area (Å²) in [6.07, 6.45) is 4.51. The Balaban J connectivity index is 1.28. The van der Waals surface area contributed by atoms with Gasteiger partial charge in [0.05, 0.1) is 24.2 Å². The molecule has 4 aromatic rings. The molecule has 0 radical (unpaired) electrons. The van der Waals surface area contributed by atoms with Crippen molar-refractivity contribution in [2.24, 2.45) is 5.92 Å². The van der Waals surface area contributed by atoms with Crippen molar-refractivity contribution in [1.29, 1.82) is 5.41 Å². The lowest BCUT2D eigenvalue weighted by Gasteiger charge is -2.36. The molecule has 1 aliphatic heterocycles. The summed E-state index contributed by atoms with van der Waals surface area (Å²) in [5, 5.41) is 16.2. The number of likely N-dealkylation sites (tertiary alicyclic amines) is 1. The Kier molecular flexibility index (Phi) is 10.6. The Bertz CT molecular complexity index is 1780. The zero-order valence-corrected chi connectivity index (χ0v) is 27.0. The van der Waals surface area contributed by atoms with Gasteiger partial charge in [0.1, 0.15) is 6.04 Å². The third-order valence-electron chi connectivity index (χ3n) is 8.09. The van der Waals surface area contributed by atoms with E-state index in [0.717, 1.165) is 16.5 Å². The van der Waals surface area contributed by atoms with Crippen molar-refractivity contribution in [3.05, 3.63) is 88.5 Å². The number of rotatable bonds is 13. The number of benzene rings is 2. The molecule has 46 heavy (non-hydrogen) atoms. The van der Waals surface area contributed by atoms with Crippen LogP contribution in [0.4, 0.5) is 0 Å². The van der Waals surface area contributed by atoms with Gasteiger partial charge < -0.3 is 20.5 Å². The van der Waals surface area contributed by atoms with Gasteiger partial charge >= 0.3 is 0 Å². The minimum atomic E-state index is -3.92. The zero-order chi connectivity index (χ0) is 32.7. The number of aromatic amines is 1. The third-order valence-corrected chi connectivity index (χ3v) is 10.2. The maximum absolute atomic E-state index is 13.5. The Hall–Kier alpha value is -4.40. The lowest BCUT2D eigenvalue weighted by atomic mass is 9.89. The SMILES string of the molecule is CC(=N)N1CCC(C(NS(=O)(=O)Cc2ccccc2)C(=O)NCC(=O)NC(Cc2c[nH]c3ccccc23)C(=O)c2nccs2)CC1. The van der Waals surface area contributed by atoms with E-state index in [-0.39, 0.29) is 28.9 Å². The highest BCUT2D eigenvalue weighted by molar-refractivity contribution is 7.88. The van der Waals surface area contributed by atoms with Crippen LogP contribution in [0.3, 0.4) is 0 Å². The molecule has 5 N–H and O–H groups in total. The molecule has 2 aromatic carbocycles. The van der Waals surface area contributed by atoms with Gasteiger partial charge in [0, 0.05) is 48.2 Å². The van der Waals surface area contributed by atoms with E-state index in [9.17, 15) is 22.8 Å². The number of nitrogens with zero attached hydrogens (tertiary/aromatic N) is 2. The molecular weight excluding hydrogens is 627 g/mol. The van der Waals surface area contributed by atoms with Crippen molar-refractivity contribution in [2.75, 3.05) is 19.6 Å². The molecule has 12 nitrogen and oxygen atoms in total. The van der Waals surface area contributed by atoms with E-state index < -0.39 is 40.5 Å². The van der Waals surface area contributed by atoms with Crippen LogP contribution in [0, 0.1) is 11.3 Å². The number of nitrogens with one attached hydrogen (secondary N) is 5. The van der Waals surface area contributed by atoms with Crippen molar-refractivity contribution in [2.45, 2.75) is 44.0 Å². The largest absolute Gasteiger partial charge is 0.361 e. The first-order chi connectivity index (χ1) is 22.1. The molecule has 14 heteroatoms. The average Bonchev–Trinajstić information content (AvgIpc) is 3.73. The summed E-state index contributed by atoms with van der Waals surface area (Å²) in [5.41, 5.74) is 2.32. The number of hydrogen-bond acceptors (Lipinski definition) is 8. The van der Waals surface area contributed by atoms with Crippen molar-refractivity contribution in [3.63, 3.8) is 0 Å². The van der Waals surface area contributed by atoms with E-state index in [2.05, 4.69) is 25.3 Å². The van der Waals surface area contributed by atoms with Gasteiger partial charge in [-0.05, 0) is 42.9 Å². The van der Waals surface area contributed by atoms with Gasteiger partial charge in [0.25, 0.3) is 0 Å². The van der Waals surface area contributed by atoms with Crippen LogP contribution in [0.1, 0.15) is 40.7 Å². The average molecular weight is 664 g/mol. The van der Waals surface area contributed by atoms with E-state index in [4.69, 9.17) is 5.41 Å². The molecule has 0 spiro atoms. The second-order valence-electron chi connectivity index (χ2n) is 11.4. The maximum Gasteiger partial charge on any atom is 0.240 e. The Morgan fingerprint density at radius 3 is 2.50 bits per heavy atom. The van der Waals surface area contributed by atoms with E-state index in [1.165, 1.54) is 17.5 Å². The Morgan fingerprint density at radius 1 is 1.09 bits per heavy atom. The van der Waals surface area contributed by atoms with Crippen LogP contribution in [-0.2, 0) is 31.8 Å². The molecule has 242 valence electrons. The van der Waals surface area contributed by atoms with Crippen LogP contribution in [0.15, 0.2) is 72.4 Å². The summed E-state index contributed by atoms with van der Waals surface area (Å²) >= 11 is 1.18. The monoisotopic (exact) mass is 663 g/mol. The molecular formula is C32H37N7O5S2. The highest BCUT2D eigenvalue weighted by atomic mass is 32.2. The number of carbonyl (C=O) groups is 3. The molecule has 0 saturated carbocycles. The summed E-state index contributed by atoms with van der Waals surface area (Å²) < 4.78 is 29.0. The van der Waals surface area contributed by atoms with Gasteiger partial charge in [-0.1, -0.05) is 48.5 Å². The number of H-pyrrole nitrogens is 1. The summed E-state index contributed by atoms with van der Waals surface area (Å²) in [6.45, 7) is 2.26. The number of para-hydroxylation sites is 1. The molecule has 0 aliphatic carbocycles. The topological polar surface area (TPSA) is 177 Å². The summed E-state index contributed by atoms with van der Waals surface area (Å²) in [4.78, 5) is 49.3. The van der Waals surface area contributed by atoms with Gasteiger partial charge in [-0.15, -0.1) is 11.3 Å². The highest BCUT2D eigenvalue weighted by Gasteiger charge is 2.35. The molecule has 2 atom stereocenters. The fourth-order valence-electron chi connectivity index (χ4n) is 5.71. The number of amidine groups is 1. The summed E-state index contributed by atoms with van der Waals surface area (Å²) in [5.74, 6) is -1.80. The van der Waals surface area contributed by atoms with E-state index in [1.807, 2.05) is 29.2 Å². The number of piperidine rings is 1. The molecule has 2 unspecified atom stereocenters. The molecule has 1 aliphatic rings. The fraction of sp³-hybridized carbons (Fsp3) is 0.344. The number of Topliss-reactive ketones (excluding diaryl/α,β-unsaturated/α-hetero) is 1. The number of hydrogen-bond donors (Lipinski definition) is 5. The number of aromatic nitrogens is 2. The normalized spacial score (nSPS) is 15.3. The lowest BCUT2D eigenvalue weighted by molar-refractivity contribution is -0.128. The number of amides is 2. The smallest absolute Gasteiger partial charge is 0.240 e. The number of carbonyl (C=O) groups excluding carboxylic acids is 3. The number of thiazole rings is 1. The van der Waals surface area contributed by atoms with E-state index in [0.29, 0.717) is 37.3 Å². The zero-order valence-electron chi connectivity index (χ0n) is 25.4. The number of fused-ring (bicyclic) bond motifs is 1. The van der Waals surface area contributed by atoms with Gasteiger partial charge in [-0.3, -0.25) is 19.8 Å². The van der Waals surface area contributed by atoms with Crippen molar-refractivity contribution >= 4 is 55.7 Å².